The van der Waals surface area contributed by atoms with Crippen LogP contribution in [0.25, 0.3) is 22.5 Å². The molecule has 10 heteroatoms. The van der Waals surface area contributed by atoms with Crippen LogP contribution in [-0.2, 0) is 11.3 Å². The van der Waals surface area contributed by atoms with Gasteiger partial charge in [-0.3, -0.25) is 4.57 Å². The molecule has 0 atom stereocenters. The van der Waals surface area contributed by atoms with E-state index in [4.69, 9.17) is 13.9 Å². The number of fused-ring (bicyclic) bond motifs is 1. The van der Waals surface area contributed by atoms with Crippen molar-refractivity contribution < 1.29 is 23.4 Å². The highest BCUT2D eigenvalue weighted by Gasteiger charge is 2.13. The molecule has 0 saturated carbocycles. The first-order chi connectivity index (χ1) is 16.9. The van der Waals surface area contributed by atoms with Crippen molar-refractivity contribution in [1.82, 2.24) is 19.4 Å². The van der Waals surface area contributed by atoms with Crippen LogP contribution >= 0.6 is 0 Å². The lowest BCUT2D eigenvalue weighted by Gasteiger charge is -2.10. The van der Waals surface area contributed by atoms with Gasteiger partial charge in [-0.2, -0.15) is 0 Å². The summed E-state index contributed by atoms with van der Waals surface area (Å²) in [6, 6.07) is 12.2. The predicted octanol–water partition coefficient (Wildman–Crippen LogP) is 3.58. The molecule has 35 heavy (non-hydrogen) atoms. The van der Waals surface area contributed by atoms with Gasteiger partial charge < -0.3 is 23.5 Å². The fourth-order valence-electron chi connectivity index (χ4n) is 3.49. The average molecular weight is 479 g/mol. The number of ether oxygens (including phenoxy) is 3. The summed E-state index contributed by atoms with van der Waals surface area (Å²) in [6.07, 6.45) is 3.37. The Balaban J connectivity index is 1.50. The van der Waals surface area contributed by atoms with Gasteiger partial charge in [-0.25, -0.2) is 19.6 Å². The van der Waals surface area contributed by atoms with E-state index in [-0.39, 0.29) is 12.3 Å². The zero-order chi connectivity index (χ0) is 24.8. The summed E-state index contributed by atoms with van der Waals surface area (Å²) >= 11 is 0. The van der Waals surface area contributed by atoms with Gasteiger partial charge >= 0.3 is 11.9 Å². The van der Waals surface area contributed by atoms with Crippen molar-refractivity contribution in [2.75, 3.05) is 34.4 Å². The Bertz CT molecular complexity index is 1360. The number of hydrogen-bond donors (Lipinski definition) is 0. The van der Waals surface area contributed by atoms with Crippen LogP contribution in [0.5, 0.6) is 11.5 Å². The van der Waals surface area contributed by atoms with E-state index < -0.39 is 11.9 Å². The van der Waals surface area contributed by atoms with Crippen molar-refractivity contribution in [3.05, 3.63) is 71.0 Å². The maximum absolute atomic E-state index is 12.5. The SMILES string of the molecule is COC(=O)Oc1ccc2oc(=O)n(Cc3cccc(-c4ncc(OCCCN(C)C)cn4)c3)c2c1. The molecule has 0 spiro atoms. The molecule has 0 saturated heterocycles. The smallest absolute Gasteiger partial charge is 0.490 e. The lowest BCUT2D eigenvalue weighted by molar-refractivity contribution is 0.121. The molecule has 182 valence electrons. The topological polar surface area (TPSA) is 109 Å². The molecule has 0 fully saturated rings. The van der Waals surface area contributed by atoms with Crippen LogP contribution in [0.3, 0.4) is 0 Å². The molecule has 0 bridgehead atoms. The maximum Gasteiger partial charge on any atom is 0.513 e. The molecule has 0 amide bonds. The zero-order valence-electron chi connectivity index (χ0n) is 19.8. The van der Waals surface area contributed by atoms with E-state index in [1.165, 1.54) is 17.7 Å². The molecule has 4 rings (SSSR count). The monoisotopic (exact) mass is 478 g/mol. The zero-order valence-corrected chi connectivity index (χ0v) is 19.8. The third kappa shape index (κ3) is 6.04. The van der Waals surface area contributed by atoms with E-state index in [1.54, 1.807) is 24.5 Å². The minimum atomic E-state index is -0.848. The van der Waals surface area contributed by atoms with Crippen molar-refractivity contribution in [3.8, 4) is 22.9 Å². The van der Waals surface area contributed by atoms with Crippen molar-refractivity contribution >= 4 is 17.3 Å². The number of aromatic nitrogens is 3. The molecule has 0 N–H and O–H groups in total. The van der Waals surface area contributed by atoms with Gasteiger partial charge in [0, 0.05) is 18.2 Å². The molecule has 0 unspecified atom stereocenters. The largest absolute Gasteiger partial charge is 0.513 e. The molecule has 4 aromatic rings. The first kappa shape index (κ1) is 24.0. The molecule has 2 aromatic carbocycles. The Kier molecular flexibility index (Phi) is 7.41. The molecule has 0 aliphatic heterocycles. The Morgan fingerprint density at radius 1 is 1.09 bits per heavy atom. The summed E-state index contributed by atoms with van der Waals surface area (Å²) < 4.78 is 22.1. The normalized spacial score (nSPS) is 11.1. The highest BCUT2D eigenvalue weighted by Crippen LogP contribution is 2.23. The van der Waals surface area contributed by atoms with Crippen LogP contribution in [0.15, 0.2) is 64.1 Å². The molecule has 2 heterocycles. The van der Waals surface area contributed by atoms with Crippen LogP contribution < -0.4 is 15.2 Å². The van der Waals surface area contributed by atoms with Crippen LogP contribution in [0.2, 0.25) is 0 Å². The summed E-state index contributed by atoms with van der Waals surface area (Å²) in [5.41, 5.74) is 2.53. The number of carbonyl (C=O) groups is 1. The average Bonchev–Trinajstić information content (AvgIpc) is 3.16. The third-order valence-corrected chi connectivity index (χ3v) is 5.18. The molecular weight excluding hydrogens is 452 g/mol. The van der Waals surface area contributed by atoms with Crippen LogP contribution in [0.4, 0.5) is 4.79 Å². The van der Waals surface area contributed by atoms with Gasteiger partial charge in [-0.05, 0) is 44.3 Å². The van der Waals surface area contributed by atoms with Crippen molar-refractivity contribution in [2.24, 2.45) is 0 Å². The lowest BCUT2D eigenvalue weighted by Crippen LogP contribution is -2.15. The Hall–Kier alpha value is -4.18. The second-order valence-corrected chi connectivity index (χ2v) is 8.09. The fourth-order valence-corrected chi connectivity index (χ4v) is 3.49. The second-order valence-electron chi connectivity index (χ2n) is 8.09. The van der Waals surface area contributed by atoms with Crippen molar-refractivity contribution in [2.45, 2.75) is 13.0 Å². The van der Waals surface area contributed by atoms with E-state index in [1.807, 2.05) is 38.4 Å². The molecule has 0 aliphatic rings. The van der Waals surface area contributed by atoms with Crippen LogP contribution in [-0.4, -0.2) is 59.9 Å². The number of oxazole rings is 1. The van der Waals surface area contributed by atoms with Crippen molar-refractivity contribution in [1.29, 1.82) is 0 Å². The van der Waals surface area contributed by atoms with E-state index in [2.05, 4.69) is 19.6 Å². The standard InChI is InChI=1S/C25H26N4O6/c1-28(2)10-5-11-33-20-14-26-23(27-15-20)18-7-4-6-17(12-18)16-29-21-13-19(34-25(31)32-3)8-9-22(21)35-24(29)30/h4,6-9,12-15H,5,10-11,16H2,1-3H3. The van der Waals surface area contributed by atoms with Gasteiger partial charge in [0.15, 0.2) is 17.2 Å². The lowest BCUT2D eigenvalue weighted by atomic mass is 10.1. The fraction of sp³-hybridized carbons (Fsp3) is 0.280. The number of nitrogens with zero attached hydrogens (tertiary/aromatic N) is 4. The quantitative estimate of drug-likeness (QED) is 0.203. The van der Waals surface area contributed by atoms with E-state index in [9.17, 15) is 9.59 Å². The summed E-state index contributed by atoms with van der Waals surface area (Å²) in [7, 11) is 5.26. The minimum absolute atomic E-state index is 0.241. The minimum Gasteiger partial charge on any atom is -0.490 e. The second kappa shape index (κ2) is 10.8. The summed E-state index contributed by atoms with van der Waals surface area (Å²) in [5.74, 6) is 0.883. The molecule has 0 aliphatic carbocycles. The summed E-state index contributed by atoms with van der Waals surface area (Å²) in [6.45, 7) is 1.78. The van der Waals surface area contributed by atoms with Gasteiger partial charge in [-0.15, -0.1) is 0 Å². The molecule has 10 nitrogen and oxygen atoms in total. The highest BCUT2D eigenvalue weighted by atomic mass is 16.7. The Labute approximate surface area is 201 Å². The van der Waals surface area contributed by atoms with Gasteiger partial charge in [-0.1, -0.05) is 18.2 Å². The summed E-state index contributed by atoms with van der Waals surface area (Å²) in [5, 5.41) is 0. The number of benzene rings is 2. The summed E-state index contributed by atoms with van der Waals surface area (Å²) in [4.78, 5) is 34.9. The number of methoxy groups -OCH3 is 1. The van der Waals surface area contributed by atoms with E-state index in [0.717, 1.165) is 24.1 Å². The van der Waals surface area contributed by atoms with E-state index >= 15 is 0 Å². The highest BCUT2D eigenvalue weighted by molar-refractivity contribution is 5.76. The molecule has 0 radical (unpaired) electrons. The molecular formula is C25H26N4O6. The van der Waals surface area contributed by atoms with Gasteiger partial charge in [0.1, 0.15) is 5.75 Å². The van der Waals surface area contributed by atoms with Crippen LogP contribution in [0, 0.1) is 0 Å². The third-order valence-electron chi connectivity index (χ3n) is 5.18. The molecule has 2 aromatic heterocycles. The Morgan fingerprint density at radius 2 is 1.89 bits per heavy atom. The van der Waals surface area contributed by atoms with Gasteiger partial charge in [0.2, 0.25) is 0 Å². The number of hydrogen-bond acceptors (Lipinski definition) is 9. The van der Waals surface area contributed by atoms with E-state index in [0.29, 0.717) is 29.3 Å². The van der Waals surface area contributed by atoms with Gasteiger partial charge in [0.25, 0.3) is 0 Å². The van der Waals surface area contributed by atoms with Crippen LogP contribution in [0.1, 0.15) is 12.0 Å². The Morgan fingerprint density at radius 3 is 2.63 bits per heavy atom. The number of rotatable bonds is 9. The first-order valence-corrected chi connectivity index (χ1v) is 11.0. The van der Waals surface area contributed by atoms with Crippen molar-refractivity contribution in [3.63, 3.8) is 0 Å². The maximum atomic E-state index is 12.5. The number of carbonyl (C=O) groups excluding carboxylic acids is 1. The predicted molar refractivity (Wildman–Crippen MR) is 129 cm³/mol. The van der Waals surface area contributed by atoms with Gasteiger partial charge in [0.05, 0.1) is 38.2 Å². The first-order valence-electron chi connectivity index (χ1n) is 11.0.